The van der Waals surface area contributed by atoms with Crippen LogP contribution in [0.5, 0.6) is 0 Å². The van der Waals surface area contributed by atoms with Gasteiger partial charge in [0.2, 0.25) is 5.91 Å². The number of rotatable bonds is 7. The number of hydrogen-bond donors (Lipinski definition) is 1. The number of aromatic nitrogens is 2. The minimum atomic E-state index is -0.566. The van der Waals surface area contributed by atoms with Crippen molar-refractivity contribution >= 4 is 56.5 Å². The molecule has 0 unspecified atom stereocenters. The monoisotopic (exact) mass is 481 g/mol. The smallest absolute Gasteiger partial charge is 0.263 e. The molecule has 0 saturated heterocycles. The van der Waals surface area contributed by atoms with Crippen LogP contribution in [0.1, 0.15) is 23.3 Å². The Labute approximate surface area is 191 Å². The van der Waals surface area contributed by atoms with Crippen LogP contribution in [0.2, 0.25) is 5.02 Å². The Hall–Kier alpha value is -1.94. The van der Waals surface area contributed by atoms with E-state index in [4.69, 9.17) is 21.3 Å². The fraction of sp³-hybridized carbons (Fsp3) is 0.381. The minimum Gasteiger partial charge on any atom is -0.383 e. The van der Waals surface area contributed by atoms with Crippen molar-refractivity contribution in [3.05, 3.63) is 49.8 Å². The zero-order valence-electron chi connectivity index (χ0n) is 16.9. The van der Waals surface area contributed by atoms with E-state index in [1.54, 1.807) is 23.0 Å². The van der Waals surface area contributed by atoms with Gasteiger partial charge in [0, 0.05) is 17.0 Å². The molecule has 6 nitrogen and oxygen atoms in total. The summed E-state index contributed by atoms with van der Waals surface area (Å²) in [5, 5.41) is 4.00. The van der Waals surface area contributed by atoms with Crippen LogP contribution in [0.15, 0.2) is 28.2 Å². The van der Waals surface area contributed by atoms with Gasteiger partial charge >= 0.3 is 0 Å². The standard InChI is InChI=1S/C21H21ClFN3O3S2/c1-29-9-8-26-20(28)18-13-4-2-3-5-16(13)31-19(18)25-21(26)30-11-17(27)24-15-10-12(22)6-7-14(15)23/h6-7,10H,2-5,8-9,11H2,1H3,(H,24,27). The van der Waals surface area contributed by atoms with Crippen LogP contribution in [0.3, 0.4) is 0 Å². The second-order valence-corrected chi connectivity index (χ2v) is 9.66. The Kier molecular flexibility index (Phi) is 6.95. The SMILES string of the molecule is COCCn1c(SCC(=O)Nc2cc(Cl)ccc2F)nc2sc3c(c2c1=O)CCCC3. The molecule has 0 radical (unpaired) electrons. The topological polar surface area (TPSA) is 73.2 Å². The number of aryl methyl sites for hydroxylation is 2. The summed E-state index contributed by atoms with van der Waals surface area (Å²) >= 11 is 8.59. The van der Waals surface area contributed by atoms with E-state index in [1.807, 2.05) is 0 Å². The molecule has 1 N–H and O–H groups in total. The largest absolute Gasteiger partial charge is 0.383 e. The van der Waals surface area contributed by atoms with Crippen molar-refractivity contribution in [2.45, 2.75) is 37.4 Å². The van der Waals surface area contributed by atoms with E-state index in [-0.39, 0.29) is 17.0 Å². The maximum Gasteiger partial charge on any atom is 0.263 e. The number of ether oxygens (including phenoxy) is 1. The molecule has 31 heavy (non-hydrogen) atoms. The summed E-state index contributed by atoms with van der Waals surface area (Å²) in [7, 11) is 1.57. The van der Waals surface area contributed by atoms with Crippen LogP contribution < -0.4 is 10.9 Å². The molecule has 0 saturated carbocycles. The first kappa shape index (κ1) is 22.3. The maximum atomic E-state index is 13.9. The average Bonchev–Trinajstić information content (AvgIpc) is 3.13. The van der Waals surface area contributed by atoms with Crippen LogP contribution >= 0.6 is 34.7 Å². The molecule has 0 atom stereocenters. The third kappa shape index (κ3) is 4.79. The fourth-order valence-corrected chi connectivity index (χ4v) is 5.92. The second-order valence-electron chi connectivity index (χ2n) is 7.20. The number of hydrogen-bond acceptors (Lipinski definition) is 6. The predicted molar refractivity (Wildman–Crippen MR) is 123 cm³/mol. The van der Waals surface area contributed by atoms with Crippen LogP contribution in [-0.2, 0) is 28.9 Å². The van der Waals surface area contributed by atoms with Gasteiger partial charge in [0.15, 0.2) is 5.16 Å². The van der Waals surface area contributed by atoms with Gasteiger partial charge in [-0.05, 0) is 49.4 Å². The number of carbonyl (C=O) groups excluding carboxylic acids is 1. The summed E-state index contributed by atoms with van der Waals surface area (Å²) in [5.41, 5.74) is 1.05. The van der Waals surface area contributed by atoms with E-state index < -0.39 is 11.7 Å². The highest BCUT2D eigenvalue weighted by Crippen LogP contribution is 2.34. The lowest BCUT2D eigenvalue weighted by Crippen LogP contribution is -2.26. The third-order valence-electron chi connectivity index (χ3n) is 5.09. The van der Waals surface area contributed by atoms with E-state index in [2.05, 4.69) is 5.32 Å². The molecule has 0 fully saturated rings. The zero-order chi connectivity index (χ0) is 22.0. The normalized spacial score (nSPS) is 13.4. The number of nitrogens with one attached hydrogen (secondary N) is 1. The molecular formula is C21H21ClFN3O3S2. The zero-order valence-corrected chi connectivity index (χ0v) is 19.3. The summed E-state index contributed by atoms with van der Waals surface area (Å²) in [6.45, 7) is 0.697. The van der Waals surface area contributed by atoms with Gasteiger partial charge in [0.05, 0.1) is 30.0 Å². The average molecular weight is 482 g/mol. The highest BCUT2D eigenvalue weighted by Gasteiger charge is 2.22. The van der Waals surface area contributed by atoms with Gasteiger partial charge in [0.25, 0.3) is 5.56 Å². The number of carbonyl (C=O) groups is 1. The highest BCUT2D eigenvalue weighted by molar-refractivity contribution is 7.99. The fourth-order valence-electron chi connectivity index (χ4n) is 3.62. The van der Waals surface area contributed by atoms with E-state index >= 15 is 0 Å². The number of methoxy groups -OCH3 is 1. The Balaban J connectivity index is 1.60. The summed E-state index contributed by atoms with van der Waals surface area (Å²) in [6.07, 6.45) is 4.08. The first-order valence-corrected chi connectivity index (χ1v) is 12.1. The summed E-state index contributed by atoms with van der Waals surface area (Å²) in [6, 6.07) is 3.96. The lowest BCUT2D eigenvalue weighted by Gasteiger charge is -2.13. The van der Waals surface area contributed by atoms with Gasteiger partial charge in [0.1, 0.15) is 10.6 Å². The Morgan fingerprint density at radius 2 is 2.19 bits per heavy atom. The number of nitrogens with zero attached hydrogens (tertiary/aromatic N) is 2. The Morgan fingerprint density at radius 3 is 3.00 bits per heavy atom. The van der Waals surface area contributed by atoms with Crippen molar-refractivity contribution in [1.29, 1.82) is 0 Å². The molecule has 1 aliphatic rings. The second kappa shape index (κ2) is 9.68. The number of fused-ring (bicyclic) bond motifs is 3. The van der Waals surface area contributed by atoms with E-state index in [9.17, 15) is 14.0 Å². The minimum absolute atomic E-state index is 0.0178. The van der Waals surface area contributed by atoms with Gasteiger partial charge in [-0.15, -0.1) is 11.3 Å². The van der Waals surface area contributed by atoms with Gasteiger partial charge in [-0.25, -0.2) is 9.37 Å². The van der Waals surface area contributed by atoms with Gasteiger partial charge in [-0.3, -0.25) is 14.2 Å². The molecule has 0 spiro atoms. The quantitative estimate of drug-likeness (QED) is 0.397. The molecule has 1 amide bonds. The number of thioether (sulfide) groups is 1. The molecule has 3 aromatic rings. The van der Waals surface area contributed by atoms with Crippen LogP contribution in [0, 0.1) is 5.82 Å². The number of thiophene rings is 1. The van der Waals surface area contributed by atoms with Crippen LogP contribution in [-0.4, -0.2) is 34.9 Å². The number of anilines is 1. The van der Waals surface area contributed by atoms with Gasteiger partial charge in [-0.1, -0.05) is 23.4 Å². The molecule has 0 bridgehead atoms. The first-order valence-electron chi connectivity index (χ1n) is 9.89. The van der Waals surface area contributed by atoms with Crippen molar-refractivity contribution in [3.63, 3.8) is 0 Å². The summed E-state index contributed by atoms with van der Waals surface area (Å²) in [5.74, 6) is -1.00. The van der Waals surface area contributed by atoms with Crippen LogP contribution in [0.25, 0.3) is 10.2 Å². The van der Waals surface area contributed by atoms with Gasteiger partial charge < -0.3 is 10.1 Å². The number of amides is 1. The molecule has 10 heteroatoms. The van der Waals surface area contributed by atoms with Crippen molar-refractivity contribution in [2.24, 2.45) is 0 Å². The molecule has 2 aromatic heterocycles. The summed E-state index contributed by atoms with van der Waals surface area (Å²) < 4.78 is 20.6. The van der Waals surface area contributed by atoms with Crippen molar-refractivity contribution in [3.8, 4) is 0 Å². The highest BCUT2D eigenvalue weighted by atomic mass is 35.5. The molecule has 164 valence electrons. The van der Waals surface area contributed by atoms with Crippen molar-refractivity contribution in [1.82, 2.24) is 9.55 Å². The molecule has 1 aromatic carbocycles. The van der Waals surface area contributed by atoms with Gasteiger partial charge in [-0.2, -0.15) is 0 Å². The summed E-state index contributed by atoms with van der Waals surface area (Å²) in [4.78, 5) is 32.4. The molecular weight excluding hydrogens is 461 g/mol. The van der Waals surface area contributed by atoms with E-state index in [0.717, 1.165) is 47.8 Å². The lowest BCUT2D eigenvalue weighted by molar-refractivity contribution is -0.113. The maximum absolute atomic E-state index is 13.9. The molecule has 2 heterocycles. The number of benzene rings is 1. The molecule has 1 aliphatic carbocycles. The third-order valence-corrected chi connectivity index (χ3v) is 7.49. The van der Waals surface area contributed by atoms with E-state index in [0.29, 0.717) is 28.7 Å². The van der Waals surface area contributed by atoms with Crippen molar-refractivity contribution in [2.75, 3.05) is 24.8 Å². The van der Waals surface area contributed by atoms with Crippen molar-refractivity contribution < 1.29 is 13.9 Å². The Bertz CT molecular complexity index is 1190. The van der Waals surface area contributed by atoms with E-state index in [1.165, 1.54) is 23.1 Å². The van der Waals surface area contributed by atoms with Crippen LogP contribution in [0.4, 0.5) is 10.1 Å². The molecule has 0 aliphatic heterocycles. The lowest BCUT2D eigenvalue weighted by atomic mass is 9.97. The number of halogens is 2. The predicted octanol–water partition coefficient (Wildman–Crippen LogP) is 4.51. The molecule has 4 rings (SSSR count). The first-order chi connectivity index (χ1) is 15.0. The Morgan fingerprint density at radius 1 is 1.39 bits per heavy atom.